The normalized spacial score (nSPS) is 11.1. The third-order valence-corrected chi connectivity index (χ3v) is 4.72. The average molecular weight is 373 g/mol. The van der Waals surface area contributed by atoms with Crippen LogP contribution in [0.4, 0.5) is 4.39 Å². The van der Waals surface area contributed by atoms with Crippen LogP contribution in [0.15, 0.2) is 85.2 Å². The van der Waals surface area contributed by atoms with Crippen molar-refractivity contribution < 1.29 is 9.18 Å². The molecule has 0 saturated heterocycles. The third-order valence-electron chi connectivity index (χ3n) is 4.72. The van der Waals surface area contributed by atoms with Crippen LogP contribution in [-0.4, -0.2) is 15.3 Å². The van der Waals surface area contributed by atoms with Crippen LogP contribution in [-0.2, 0) is 11.3 Å². The Hall–Kier alpha value is -3.47. The molecular formula is C23H20FN3O. The maximum absolute atomic E-state index is 13.3. The number of hydrogen-bond acceptors (Lipinski definition) is 2. The minimum Gasteiger partial charge on any atom is -0.350 e. The molecule has 0 aliphatic heterocycles. The Kier molecular flexibility index (Phi) is 5.15. The first-order valence-electron chi connectivity index (χ1n) is 9.19. The Morgan fingerprint density at radius 1 is 0.929 bits per heavy atom. The summed E-state index contributed by atoms with van der Waals surface area (Å²) >= 11 is 0. The molecule has 1 amide bonds. The van der Waals surface area contributed by atoms with Crippen molar-refractivity contribution in [2.75, 3.05) is 0 Å². The van der Waals surface area contributed by atoms with E-state index in [1.807, 2.05) is 60.7 Å². The first-order valence-corrected chi connectivity index (χ1v) is 9.19. The highest BCUT2D eigenvalue weighted by Crippen LogP contribution is 2.27. The molecule has 0 atom stereocenters. The lowest BCUT2D eigenvalue weighted by atomic mass is 9.88. The molecule has 140 valence electrons. The van der Waals surface area contributed by atoms with Gasteiger partial charge in [-0.05, 0) is 23.3 Å². The number of hydrogen-bond donors (Lipinski definition) is 1. The van der Waals surface area contributed by atoms with Crippen LogP contribution < -0.4 is 5.32 Å². The molecule has 0 saturated carbocycles. The third kappa shape index (κ3) is 4.09. The number of carbonyl (C=O) groups is 1. The summed E-state index contributed by atoms with van der Waals surface area (Å²) < 4.78 is 14.9. The van der Waals surface area contributed by atoms with Crippen molar-refractivity contribution >= 4 is 11.6 Å². The molecule has 0 fully saturated rings. The van der Waals surface area contributed by atoms with Crippen molar-refractivity contribution in [3.8, 4) is 0 Å². The SMILES string of the molecule is O=C(CC(c1ccccc1)c1ccccc1)NCc1cn2cc(F)ccc2n1. The molecule has 28 heavy (non-hydrogen) atoms. The van der Waals surface area contributed by atoms with Crippen molar-refractivity contribution in [3.63, 3.8) is 0 Å². The van der Waals surface area contributed by atoms with E-state index in [0.717, 1.165) is 11.1 Å². The van der Waals surface area contributed by atoms with Crippen LogP contribution in [0.3, 0.4) is 0 Å². The van der Waals surface area contributed by atoms with Gasteiger partial charge in [0.15, 0.2) is 0 Å². The van der Waals surface area contributed by atoms with E-state index in [1.54, 1.807) is 16.7 Å². The Balaban J connectivity index is 1.46. The summed E-state index contributed by atoms with van der Waals surface area (Å²) in [7, 11) is 0. The molecule has 4 nitrogen and oxygen atoms in total. The maximum Gasteiger partial charge on any atom is 0.221 e. The summed E-state index contributed by atoms with van der Waals surface area (Å²) in [6, 6.07) is 23.0. The summed E-state index contributed by atoms with van der Waals surface area (Å²) in [5.41, 5.74) is 3.55. The molecule has 2 aromatic carbocycles. The summed E-state index contributed by atoms with van der Waals surface area (Å²) in [5, 5.41) is 2.94. The Morgan fingerprint density at radius 2 is 1.57 bits per heavy atom. The van der Waals surface area contributed by atoms with Crippen molar-refractivity contribution in [1.82, 2.24) is 14.7 Å². The smallest absolute Gasteiger partial charge is 0.221 e. The van der Waals surface area contributed by atoms with Crippen molar-refractivity contribution in [2.45, 2.75) is 18.9 Å². The van der Waals surface area contributed by atoms with Crippen molar-refractivity contribution in [2.24, 2.45) is 0 Å². The molecule has 0 unspecified atom stereocenters. The fourth-order valence-electron chi connectivity index (χ4n) is 3.35. The number of rotatable bonds is 6. The number of imidazole rings is 1. The fraction of sp³-hybridized carbons (Fsp3) is 0.130. The van der Waals surface area contributed by atoms with E-state index in [0.29, 0.717) is 24.3 Å². The lowest BCUT2D eigenvalue weighted by Crippen LogP contribution is -2.25. The molecule has 2 aromatic heterocycles. The Bertz CT molecular complexity index is 1040. The first kappa shape index (κ1) is 17.9. The fourth-order valence-corrected chi connectivity index (χ4v) is 3.35. The highest BCUT2D eigenvalue weighted by atomic mass is 19.1. The van der Waals surface area contributed by atoms with Gasteiger partial charge >= 0.3 is 0 Å². The molecule has 1 N–H and O–H groups in total. The predicted molar refractivity (Wildman–Crippen MR) is 106 cm³/mol. The number of fused-ring (bicyclic) bond motifs is 1. The highest BCUT2D eigenvalue weighted by Gasteiger charge is 2.18. The minimum absolute atomic E-state index is 0.0161. The number of nitrogens with one attached hydrogen (secondary N) is 1. The molecule has 0 bridgehead atoms. The highest BCUT2D eigenvalue weighted by molar-refractivity contribution is 5.77. The predicted octanol–water partition coefficient (Wildman–Crippen LogP) is 4.31. The average Bonchev–Trinajstić information content (AvgIpc) is 3.14. The molecule has 0 aliphatic rings. The van der Waals surface area contributed by atoms with Gasteiger partial charge in [-0.3, -0.25) is 4.79 Å². The molecule has 5 heteroatoms. The summed E-state index contributed by atoms with van der Waals surface area (Å²) in [6.45, 7) is 0.304. The van der Waals surface area contributed by atoms with Crippen LogP contribution in [0.5, 0.6) is 0 Å². The second-order valence-corrected chi connectivity index (χ2v) is 6.70. The van der Waals surface area contributed by atoms with Gasteiger partial charge in [0.25, 0.3) is 0 Å². The largest absolute Gasteiger partial charge is 0.350 e. The van der Waals surface area contributed by atoms with Crippen LogP contribution in [0.25, 0.3) is 5.65 Å². The molecule has 4 rings (SSSR count). The zero-order valence-corrected chi connectivity index (χ0v) is 15.3. The maximum atomic E-state index is 13.3. The van der Waals surface area contributed by atoms with E-state index in [1.165, 1.54) is 12.3 Å². The van der Waals surface area contributed by atoms with Gasteiger partial charge in [-0.15, -0.1) is 0 Å². The minimum atomic E-state index is -0.325. The lowest BCUT2D eigenvalue weighted by Gasteiger charge is -2.17. The summed E-state index contributed by atoms with van der Waals surface area (Å²) in [5.74, 6) is -0.396. The summed E-state index contributed by atoms with van der Waals surface area (Å²) in [6.07, 6.45) is 3.44. The molecule has 2 heterocycles. The molecule has 0 spiro atoms. The van der Waals surface area contributed by atoms with E-state index >= 15 is 0 Å². The molecule has 0 radical (unpaired) electrons. The molecule has 0 aliphatic carbocycles. The van der Waals surface area contributed by atoms with Gasteiger partial charge in [-0.25, -0.2) is 9.37 Å². The first-order chi connectivity index (χ1) is 13.7. The molecule has 4 aromatic rings. The van der Waals surface area contributed by atoms with Crippen LogP contribution in [0, 0.1) is 5.82 Å². The Labute approximate surface area is 162 Å². The van der Waals surface area contributed by atoms with E-state index in [-0.39, 0.29) is 17.6 Å². The van der Waals surface area contributed by atoms with Crippen LogP contribution in [0.1, 0.15) is 29.2 Å². The van der Waals surface area contributed by atoms with Crippen LogP contribution >= 0.6 is 0 Å². The number of pyridine rings is 1. The van der Waals surface area contributed by atoms with Gasteiger partial charge in [0, 0.05) is 24.7 Å². The van der Waals surface area contributed by atoms with Gasteiger partial charge < -0.3 is 9.72 Å². The van der Waals surface area contributed by atoms with E-state index < -0.39 is 0 Å². The van der Waals surface area contributed by atoms with Crippen molar-refractivity contribution in [1.29, 1.82) is 0 Å². The number of aromatic nitrogens is 2. The van der Waals surface area contributed by atoms with E-state index in [4.69, 9.17) is 0 Å². The zero-order chi connectivity index (χ0) is 19.3. The van der Waals surface area contributed by atoms with Gasteiger partial charge in [0.05, 0.1) is 12.2 Å². The van der Waals surface area contributed by atoms with Gasteiger partial charge in [0.1, 0.15) is 11.5 Å². The number of benzene rings is 2. The zero-order valence-electron chi connectivity index (χ0n) is 15.3. The monoisotopic (exact) mass is 373 g/mol. The number of carbonyl (C=O) groups excluding carboxylic acids is 1. The standard InChI is InChI=1S/C23H20FN3O/c24-19-11-12-22-26-20(16-27(22)15-19)14-25-23(28)13-21(17-7-3-1-4-8-17)18-9-5-2-6-10-18/h1-12,15-16,21H,13-14H2,(H,25,28). The van der Waals surface area contributed by atoms with Gasteiger partial charge in [-0.1, -0.05) is 60.7 Å². The lowest BCUT2D eigenvalue weighted by molar-refractivity contribution is -0.121. The van der Waals surface area contributed by atoms with E-state index in [9.17, 15) is 9.18 Å². The van der Waals surface area contributed by atoms with Gasteiger partial charge in [-0.2, -0.15) is 0 Å². The number of amides is 1. The number of nitrogens with zero attached hydrogens (tertiary/aromatic N) is 2. The van der Waals surface area contributed by atoms with Gasteiger partial charge in [0.2, 0.25) is 5.91 Å². The Morgan fingerprint density at radius 3 is 2.21 bits per heavy atom. The van der Waals surface area contributed by atoms with Crippen LogP contribution in [0.2, 0.25) is 0 Å². The number of halogens is 1. The topological polar surface area (TPSA) is 46.4 Å². The second-order valence-electron chi connectivity index (χ2n) is 6.70. The molecular weight excluding hydrogens is 353 g/mol. The second kappa shape index (κ2) is 8.05. The quantitative estimate of drug-likeness (QED) is 0.547. The van der Waals surface area contributed by atoms with E-state index in [2.05, 4.69) is 10.3 Å². The summed E-state index contributed by atoms with van der Waals surface area (Å²) in [4.78, 5) is 17.0. The van der Waals surface area contributed by atoms with Crippen molar-refractivity contribution in [3.05, 3.63) is 108 Å².